The van der Waals surface area contributed by atoms with E-state index in [0.717, 1.165) is 11.8 Å². The summed E-state index contributed by atoms with van der Waals surface area (Å²) < 4.78 is 9.64. The number of ether oxygens (including phenoxy) is 1. The number of allylic oxidation sites excluding steroid dienone is 1. The summed E-state index contributed by atoms with van der Waals surface area (Å²) in [6, 6.07) is -0.0319. The molecule has 0 bridgehead atoms. The first-order chi connectivity index (χ1) is 8.02. The Bertz CT molecular complexity index is 444. The van der Waals surface area contributed by atoms with Gasteiger partial charge in [0.05, 0.1) is 6.61 Å². The van der Waals surface area contributed by atoms with Gasteiger partial charge in [-0.3, -0.25) is 10.1 Å². The minimum Gasteiger partial charge on any atom is -0.461 e. The van der Waals surface area contributed by atoms with Gasteiger partial charge in [-0.25, -0.2) is 4.79 Å². The molecule has 0 spiro atoms. The lowest BCUT2D eigenvalue weighted by molar-refractivity contribution is -0.112. The van der Waals surface area contributed by atoms with Gasteiger partial charge in [0.1, 0.15) is 6.26 Å². The molecule has 0 aliphatic rings. The molecule has 6 nitrogen and oxygen atoms in total. The summed E-state index contributed by atoms with van der Waals surface area (Å²) in [6.45, 7) is 5.53. The SMILES string of the molecule is CCOC(=O)c1coc(NC(=O)C=C(C)C)n1. The molecule has 6 heteroatoms. The number of carbonyl (C=O) groups is 2. The highest BCUT2D eigenvalue weighted by atomic mass is 16.5. The molecule has 0 unspecified atom stereocenters. The van der Waals surface area contributed by atoms with E-state index in [9.17, 15) is 9.59 Å². The third kappa shape index (κ3) is 4.10. The van der Waals surface area contributed by atoms with E-state index >= 15 is 0 Å². The molecule has 1 rings (SSSR count). The van der Waals surface area contributed by atoms with Crippen LogP contribution in [0.25, 0.3) is 0 Å². The zero-order chi connectivity index (χ0) is 12.8. The normalized spacial score (nSPS) is 9.59. The summed E-state index contributed by atoms with van der Waals surface area (Å²) in [7, 11) is 0. The first-order valence-corrected chi connectivity index (χ1v) is 5.11. The van der Waals surface area contributed by atoms with Crippen molar-refractivity contribution in [3.05, 3.63) is 23.6 Å². The van der Waals surface area contributed by atoms with Crippen LogP contribution in [-0.2, 0) is 9.53 Å². The number of esters is 1. The number of rotatable bonds is 4. The molecule has 92 valence electrons. The number of oxazole rings is 1. The summed E-state index contributed by atoms with van der Waals surface area (Å²) in [5.74, 6) is -0.943. The highest BCUT2D eigenvalue weighted by Gasteiger charge is 2.13. The lowest BCUT2D eigenvalue weighted by atomic mass is 10.3. The van der Waals surface area contributed by atoms with Crippen LogP contribution >= 0.6 is 0 Å². The van der Waals surface area contributed by atoms with Crippen molar-refractivity contribution in [1.29, 1.82) is 0 Å². The Morgan fingerprint density at radius 2 is 2.24 bits per heavy atom. The minimum atomic E-state index is -0.584. The second-order valence-corrected chi connectivity index (χ2v) is 3.47. The van der Waals surface area contributed by atoms with Crippen LogP contribution in [0.5, 0.6) is 0 Å². The topological polar surface area (TPSA) is 81.4 Å². The maximum absolute atomic E-state index is 11.3. The number of hydrogen-bond acceptors (Lipinski definition) is 5. The van der Waals surface area contributed by atoms with Gasteiger partial charge in [0.25, 0.3) is 5.91 Å². The Kier molecular flexibility index (Phi) is 4.45. The van der Waals surface area contributed by atoms with Gasteiger partial charge in [-0.05, 0) is 20.8 Å². The first-order valence-electron chi connectivity index (χ1n) is 5.11. The van der Waals surface area contributed by atoms with Gasteiger partial charge < -0.3 is 9.15 Å². The van der Waals surface area contributed by atoms with Gasteiger partial charge in [-0.1, -0.05) is 5.57 Å². The van der Waals surface area contributed by atoms with Crippen molar-refractivity contribution in [2.45, 2.75) is 20.8 Å². The van der Waals surface area contributed by atoms with Crippen LogP contribution in [-0.4, -0.2) is 23.5 Å². The van der Waals surface area contributed by atoms with Crippen molar-refractivity contribution in [3.63, 3.8) is 0 Å². The average molecular weight is 238 g/mol. The van der Waals surface area contributed by atoms with E-state index in [-0.39, 0.29) is 24.2 Å². The predicted octanol–water partition coefficient (Wildman–Crippen LogP) is 1.76. The van der Waals surface area contributed by atoms with Crippen molar-refractivity contribution < 1.29 is 18.7 Å². The van der Waals surface area contributed by atoms with Crippen molar-refractivity contribution in [2.75, 3.05) is 11.9 Å². The van der Waals surface area contributed by atoms with Crippen LogP contribution in [0.1, 0.15) is 31.3 Å². The fraction of sp³-hybridized carbons (Fsp3) is 0.364. The molecular weight excluding hydrogens is 224 g/mol. The highest BCUT2D eigenvalue weighted by Crippen LogP contribution is 2.08. The molecule has 1 aromatic heterocycles. The Hall–Kier alpha value is -2.11. The molecule has 0 atom stereocenters. The standard InChI is InChI=1S/C11H14N2O4/c1-4-16-10(15)8-6-17-11(12-8)13-9(14)5-7(2)3/h5-6H,4H2,1-3H3,(H,12,13,14). The molecule has 0 saturated carbocycles. The monoisotopic (exact) mass is 238 g/mol. The summed E-state index contributed by atoms with van der Waals surface area (Å²) in [4.78, 5) is 26.3. The molecule has 1 amide bonds. The van der Waals surface area contributed by atoms with Crippen molar-refractivity contribution in [2.24, 2.45) is 0 Å². The second kappa shape index (κ2) is 5.83. The van der Waals surface area contributed by atoms with Gasteiger partial charge >= 0.3 is 12.0 Å². The van der Waals surface area contributed by atoms with E-state index in [1.807, 2.05) is 0 Å². The molecule has 1 N–H and O–H groups in total. The molecule has 0 aliphatic carbocycles. The molecule has 0 radical (unpaired) electrons. The highest BCUT2D eigenvalue weighted by molar-refractivity contribution is 5.98. The number of hydrogen-bond donors (Lipinski definition) is 1. The molecule has 1 heterocycles. The number of aromatic nitrogens is 1. The lowest BCUT2D eigenvalue weighted by Crippen LogP contribution is -2.10. The maximum Gasteiger partial charge on any atom is 0.360 e. The molecule has 0 saturated heterocycles. The Balaban J connectivity index is 2.66. The number of amides is 1. The zero-order valence-corrected chi connectivity index (χ0v) is 9.94. The molecular formula is C11H14N2O4. The predicted molar refractivity (Wildman–Crippen MR) is 60.5 cm³/mol. The third-order valence-corrected chi connectivity index (χ3v) is 1.64. The lowest BCUT2D eigenvalue weighted by Gasteiger charge is -1.96. The van der Waals surface area contributed by atoms with Crippen molar-refractivity contribution >= 4 is 17.9 Å². The van der Waals surface area contributed by atoms with E-state index in [1.54, 1.807) is 20.8 Å². The fourth-order valence-electron chi connectivity index (χ4n) is 1.03. The average Bonchev–Trinajstić information content (AvgIpc) is 2.65. The van der Waals surface area contributed by atoms with Gasteiger partial charge in [0.2, 0.25) is 0 Å². The van der Waals surface area contributed by atoms with Crippen LogP contribution in [0, 0.1) is 0 Å². The number of nitrogens with one attached hydrogen (secondary N) is 1. The van der Waals surface area contributed by atoms with Gasteiger partial charge in [-0.2, -0.15) is 4.98 Å². The fourth-order valence-corrected chi connectivity index (χ4v) is 1.03. The maximum atomic E-state index is 11.3. The smallest absolute Gasteiger partial charge is 0.360 e. The van der Waals surface area contributed by atoms with Crippen molar-refractivity contribution in [1.82, 2.24) is 4.98 Å². The van der Waals surface area contributed by atoms with E-state index in [2.05, 4.69) is 10.3 Å². The van der Waals surface area contributed by atoms with Gasteiger partial charge in [0.15, 0.2) is 5.69 Å². The van der Waals surface area contributed by atoms with Crippen LogP contribution in [0.3, 0.4) is 0 Å². The largest absolute Gasteiger partial charge is 0.461 e. The Labute approximate surface area is 98.7 Å². The van der Waals surface area contributed by atoms with E-state index in [4.69, 9.17) is 9.15 Å². The molecule has 0 fully saturated rings. The van der Waals surface area contributed by atoms with Crippen LogP contribution in [0.4, 0.5) is 6.01 Å². The molecule has 0 aliphatic heterocycles. The Morgan fingerprint density at radius 1 is 1.53 bits per heavy atom. The van der Waals surface area contributed by atoms with E-state index < -0.39 is 5.97 Å². The van der Waals surface area contributed by atoms with Gasteiger partial charge in [-0.15, -0.1) is 0 Å². The summed E-state index contributed by atoms with van der Waals surface area (Å²) in [5.41, 5.74) is 0.874. The molecule has 0 aromatic carbocycles. The molecule has 17 heavy (non-hydrogen) atoms. The first kappa shape index (κ1) is 13.0. The van der Waals surface area contributed by atoms with Gasteiger partial charge in [0, 0.05) is 6.08 Å². The third-order valence-electron chi connectivity index (χ3n) is 1.64. The Morgan fingerprint density at radius 3 is 2.82 bits per heavy atom. The summed E-state index contributed by atoms with van der Waals surface area (Å²) in [5, 5.41) is 2.39. The van der Waals surface area contributed by atoms with Crippen LogP contribution in [0.15, 0.2) is 22.3 Å². The van der Waals surface area contributed by atoms with E-state index in [1.165, 1.54) is 6.08 Å². The zero-order valence-electron chi connectivity index (χ0n) is 9.94. The number of nitrogens with zero attached hydrogens (tertiary/aromatic N) is 1. The number of carbonyl (C=O) groups excluding carboxylic acids is 2. The summed E-state index contributed by atoms with van der Waals surface area (Å²) in [6.07, 6.45) is 2.53. The molecule has 1 aromatic rings. The van der Waals surface area contributed by atoms with Crippen molar-refractivity contribution in [3.8, 4) is 0 Å². The quantitative estimate of drug-likeness (QED) is 0.638. The minimum absolute atomic E-state index is 0.0272. The van der Waals surface area contributed by atoms with Crippen LogP contribution in [0.2, 0.25) is 0 Å². The summed E-state index contributed by atoms with van der Waals surface area (Å²) >= 11 is 0. The number of anilines is 1. The second-order valence-electron chi connectivity index (χ2n) is 3.47. The van der Waals surface area contributed by atoms with Crippen LogP contribution < -0.4 is 5.32 Å². The van der Waals surface area contributed by atoms with E-state index in [0.29, 0.717) is 0 Å².